The van der Waals surface area contributed by atoms with Gasteiger partial charge in [0.1, 0.15) is 5.75 Å². The minimum Gasteiger partial charge on any atom is -0.508 e. The number of hydrogen-bond acceptors (Lipinski definition) is 4. The van der Waals surface area contributed by atoms with Crippen molar-refractivity contribution in [2.45, 2.75) is 25.3 Å². The second-order valence-electron chi connectivity index (χ2n) is 5.42. The second kappa shape index (κ2) is 5.89. The molecule has 0 unspecified atom stereocenters. The highest BCUT2D eigenvalue weighted by molar-refractivity contribution is 8.03. The molecule has 1 heterocycles. The van der Waals surface area contributed by atoms with E-state index in [-0.39, 0.29) is 11.5 Å². The minimum absolute atomic E-state index is 0.0220. The van der Waals surface area contributed by atoms with Crippen LogP contribution in [0.4, 0.5) is 5.69 Å². The zero-order chi connectivity index (χ0) is 15.7. The van der Waals surface area contributed by atoms with Crippen LogP contribution in [0.3, 0.4) is 0 Å². The summed E-state index contributed by atoms with van der Waals surface area (Å²) in [6.07, 6.45) is 1.65. The summed E-state index contributed by atoms with van der Waals surface area (Å²) in [4.78, 5) is 14.6. The third-order valence-electron chi connectivity index (χ3n) is 3.46. The highest BCUT2D eigenvalue weighted by Crippen LogP contribution is 2.47. The van der Waals surface area contributed by atoms with Crippen molar-refractivity contribution >= 4 is 23.2 Å². The first-order chi connectivity index (χ1) is 10.5. The molecule has 1 aliphatic rings. The van der Waals surface area contributed by atoms with Crippen molar-refractivity contribution in [2.24, 2.45) is 0 Å². The van der Waals surface area contributed by atoms with Gasteiger partial charge in [0.2, 0.25) is 0 Å². The van der Waals surface area contributed by atoms with Crippen molar-refractivity contribution < 1.29 is 9.90 Å². The standard InChI is InChI=1S/C18H17NO2S/c1-12-4-3-5-14(8-12)11-19-16-10-15(21)6-7-17(16)22-18(19)9-13(2)20/h3-10,21H,11H2,1-2H3. The van der Waals surface area contributed by atoms with Crippen LogP contribution in [0.1, 0.15) is 18.1 Å². The molecule has 0 atom stereocenters. The van der Waals surface area contributed by atoms with E-state index in [4.69, 9.17) is 0 Å². The number of nitrogens with zero attached hydrogens (tertiary/aromatic N) is 1. The third-order valence-corrected chi connectivity index (χ3v) is 4.58. The van der Waals surface area contributed by atoms with E-state index in [1.807, 2.05) is 12.1 Å². The van der Waals surface area contributed by atoms with E-state index in [1.54, 1.807) is 36.9 Å². The Morgan fingerprint density at radius 1 is 1.27 bits per heavy atom. The molecule has 0 aliphatic carbocycles. The molecule has 0 amide bonds. The number of carbonyl (C=O) groups is 1. The molecule has 2 aromatic rings. The Bertz CT molecular complexity index is 767. The van der Waals surface area contributed by atoms with Gasteiger partial charge < -0.3 is 10.0 Å². The Balaban J connectivity index is 2.01. The lowest BCUT2D eigenvalue weighted by atomic mass is 10.1. The van der Waals surface area contributed by atoms with E-state index in [0.29, 0.717) is 6.54 Å². The summed E-state index contributed by atoms with van der Waals surface area (Å²) in [6.45, 7) is 4.29. The zero-order valence-electron chi connectivity index (χ0n) is 12.5. The number of benzene rings is 2. The van der Waals surface area contributed by atoms with Crippen molar-refractivity contribution in [1.29, 1.82) is 0 Å². The highest BCUT2D eigenvalue weighted by Gasteiger charge is 2.26. The van der Waals surface area contributed by atoms with Gasteiger partial charge in [-0.15, -0.1) is 0 Å². The fourth-order valence-corrected chi connectivity index (χ4v) is 3.66. The number of rotatable bonds is 3. The number of aromatic hydroxyl groups is 1. The average molecular weight is 311 g/mol. The van der Waals surface area contributed by atoms with Crippen molar-refractivity contribution in [3.05, 3.63) is 64.7 Å². The molecule has 22 heavy (non-hydrogen) atoms. The molecule has 1 N–H and O–H groups in total. The smallest absolute Gasteiger partial charge is 0.155 e. The molecule has 0 bridgehead atoms. The minimum atomic E-state index is 0.0220. The number of thioether (sulfide) groups is 1. The first-order valence-electron chi connectivity index (χ1n) is 7.09. The number of carbonyl (C=O) groups excluding carboxylic acids is 1. The highest BCUT2D eigenvalue weighted by atomic mass is 32.2. The molecule has 0 saturated carbocycles. The Hall–Kier alpha value is -2.20. The van der Waals surface area contributed by atoms with Crippen LogP contribution >= 0.6 is 11.8 Å². The third kappa shape index (κ3) is 3.02. The molecule has 3 nitrogen and oxygen atoms in total. The molecule has 0 spiro atoms. The van der Waals surface area contributed by atoms with Crippen molar-refractivity contribution in [2.75, 3.05) is 4.90 Å². The van der Waals surface area contributed by atoms with Crippen LogP contribution in [0.5, 0.6) is 5.75 Å². The van der Waals surface area contributed by atoms with Gasteiger partial charge in [0.05, 0.1) is 10.7 Å². The number of anilines is 1. The van der Waals surface area contributed by atoms with Crippen LogP contribution in [-0.2, 0) is 11.3 Å². The lowest BCUT2D eigenvalue weighted by Crippen LogP contribution is -2.17. The maximum atomic E-state index is 11.5. The number of allylic oxidation sites excluding steroid dienone is 1. The van der Waals surface area contributed by atoms with Crippen molar-refractivity contribution in [1.82, 2.24) is 0 Å². The molecular weight excluding hydrogens is 294 g/mol. The van der Waals surface area contributed by atoms with Gasteiger partial charge in [-0.25, -0.2) is 0 Å². The lowest BCUT2D eigenvalue weighted by Gasteiger charge is -2.21. The monoisotopic (exact) mass is 311 g/mol. The van der Waals surface area contributed by atoms with Gasteiger partial charge in [-0.2, -0.15) is 0 Å². The number of phenols is 1. The molecule has 3 rings (SSSR count). The Kier molecular flexibility index (Phi) is 3.94. The van der Waals surface area contributed by atoms with Gasteiger partial charge in [0.15, 0.2) is 5.78 Å². The molecule has 2 aromatic carbocycles. The molecule has 112 valence electrons. The van der Waals surface area contributed by atoms with Crippen LogP contribution in [0.2, 0.25) is 0 Å². The van der Waals surface area contributed by atoms with Crippen LogP contribution in [0.25, 0.3) is 0 Å². The summed E-state index contributed by atoms with van der Waals surface area (Å²) in [5.41, 5.74) is 3.32. The predicted octanol–water partition coefficient (Wildman–Crippen LogP) is 4.24. The topological polar surface area (TPSA) is 40.5 Å². The normalized spacial score (nSPS) is 15.2. The van der Waals surface area contributed by atoms with E-state index in [9.17, 15) is 9.90 Å². The van der Waals surface area contributed by atoms with E-state index >= 15 is 0 Å². The van der Waals surface area contributed by atoms with Crippen LogP contribution in [-0.4, -0.2) is 10.9 Å². The lowest BCUT2D eigenvalue weighted by molar-refractivity contribution is -0.112. The summed E-state index contributed by atoms with van der Waals surface area (Å²) in [6, 6.07) is 13.6. The van der Waals surface area contributed by atoms with E-state index in [2.05, 4.69) is 30.0 Å². The van der Waals surface area contributed by atoms with Crippen molar-refractivity contribution in [3.63, 3.8) is 0 Å². The quantitative estimate of drug-likeness (QED) is 0.861. The average Bonchev–Trinajstić information content (AvgIpc) is 2.76. The SMILES string of the molecule is CC(=O)C=C1Sc2ccc(O)cc2N1Cc1cccc(C)c1. The van der Waals surface area contributed by atoms with Gasteiger partial charge in [-0.3, -0.25) is 4.79 Å². The molecule has 0 aromatic heterocycles. The van der Waals surface area contributed by atoms with Crippen LogP contribution in [0.15, 0.2) is 58.5 Å². The van der Waals surface area contributed by atoms with Gasteiger partial charge in [0.25, 0.3) is 0 Å². The summed E-state index contributed by atoms with van der Waals surface area (Å²) < 4.78 is 0. The zero-order valence-corrected chi connectivity index (χ0v) is 13.4. The summed E-state index contributed by atoms with van der Waals surface area (Å²) in [5, 5.41) is 10.7. The van der Waals surface area contributed by atoms with E-state index in [1.165, 1.54) is 11.1 Å². The number of fused-ring (bicyclic) bond motifs is 1. The number of aryl methyl sites for hydroxylation is 1. The molecule has 1 aliphatic heterocycles. The van der Waals surface area contributed by atoms with Gasteiger partial charge in [-0.1, -0.05) is 41.6 Å². The number of hydrogen-bond donors (Lipinski definition) is 1. The predicted molar refractivity (Wildman–Crippen MR) is 90.1 cm³/mol. The van der Waals surface area contributed by atoms with E-state index < -0.39 is 0 Å². The maximum absolute atomic E-state index is 11.5. The summed E-state index contributed by atoms with van der Waals surface area (Å²) >= 11 is 1.56. The number of ketones is 1. The van der Waals surface area contributed by atoms with Gasteiger partial charge in [-0.05, 0) is 31.5 Å². The fourth-order valence-electron chi connectivity index (χ4n) is 2.53. The van der Waals surface area contributed by atoms with Crippen LogP contribution < -0.4 is 4.90 Å². The Labute approximate surface area is 134 Å². The first-order valence-corrected chi connectivity index (χ1v) is 7.91. The van der Waals surface area contributed by atoms with E-state index in [0.717, 1.165) is 15.6 Å². The molecule has 0 radical (unpaired) electrons. The maximum Gasteiger partial charge on any atom is 0.155 e. The molecule has 4 heteroatoms. The van der Waals surface area contributed by atoms with Crippen molar-refractivity contribution in [3.8, 4) is 5.75 Å². The Morgan fingerprint density at radius 3 is 2.82 bits per heavy atom. The molecule has 0 fully saturated rings. The fraction of sp³-hybridized carbons (Fsp3) is 0.167. The van der Waals surface area contributed by atoms with Gasteiger partial charge in [0, 0.05) is 23.6 Å². The molecular formula is C18H17NO2S. The van der Waals surface area contributed by atoms with Crippen LogP contribution in [0, 0.1) is 6.92 Å². The van der Waals surface area contributed by atoms with Gasteiger partial charge >= 0.3 is 0 Å². The number of phenolic OH excluding ortho intramolecular Hbond substituents is 1. The largest absolute Gasteiger partial charge is 0.508 e. The first kappa shape index (κ1) is 14.7. The summed E-state index contributed by atoms with van der Waals surface area (Å²) in [7, 11) is 0. The Morgan fingerprint density at radius 2 is 2.09 bits per heavy atom. The summed E-state index contributed by atoms with van der Waals surface area (Å²) in [5.74, 6) is 0.256. The molecule has 0 saturated heterocycles. The second-order valence-corrected chi connectivity index (χ2v) is 6.48.